The van der Waals surface area contributed by atoms with Crippen molar-refractivity contribution in [2.75, 3.05) is 19.0 Å². The van der Waals surface area contributed by atoms with Crippen LogP contribution in [-0.4, -0.2) is 30.4 Å². The van der Waals surface area contributed by atoms with E-state index in [2.05, 4.69) is 33.0 Å². The van der Waals surface area contributed by atoms with Crippen LogP contribution in [0.25, 0.3) is 0 Å². The second-order valence-corrected chi connectivity index (χ2v) is 7.86. The predicted molar refractivity (Wildman–Crippen MR) is 117 cm³/mol. The van der Waals surface area contributed by atoms with Gasteiger partial charge in [0.15, 0.2) is 0 Å². The smallest absolute Gasteiger partial charge is 0.244 e. The van der Waals surface area contributed by atoms with E-state index < -0.39 is 0 Å². The average Bonchev–Trinajstić information content (AvgIpc) is 2.67. The van der Waals surface area contributed by atoms with Gasteiger partial charge in [-0.3, -0.25) is 9.59 Å². The molecule has 0 bridgehead atoms. The van der Waals surface area contributed by atoms with Crippen molar-refractivity contribution in [2.45, 2.75) is 53.0 Å². The summed E-state index contributed by atoms with van der Waals surface area (Å²) in [5, 5.41) is 3.08. The van der Waals surface area contributed by atoms with Gasteiger partial charge < -0.3 is 15.0 Å². The molecule has 0 atom stereocenters. The first-order valence-electron chi connectivity index (χ1n) is 10.0. The van der Waals surface area contributed by atoms with Crippen LogP contribution < -0.4 is 10.1 Å². The highest BCUT2D eigenvalue weighted by Crippen LogP contribution is 2.32. The number of para-hydroxylation sites is 2. The van der Waals surface area contributed by atoms with Crippen molar-refractivity contribution in [3.63, 3.8) is 0 Å². The van der Waals surface area contributed by atoms with Crippen molar-refractivity contribution in [2.24, 2.45) is 0 Å². The van der Waals surface area contributed by atoms with E-state index in [0.717, 1.165) is 22.4 Å². The highest BCUT2D eigenvalue weighted by atomic mass is 16.5. The van der Waals surface area contributed by atoms with Gasteiger partial charge in [0.25, 0.3) is 0 Å². The van der Waals surface area contributed by atoms with Gasteiger partial charge in [-0.25, -0.2) is 0 Å². The van der Waals surface area contributed by atoms with Crippen molar-refractivity contribution in [1.29, 1.82) is 0 Å². The maximum Gasteiger partial charge on any atom is 0.244 e. The third-order valence-corrected chi connectivity index (χ3v) is 4.97. The first kappa shape index (κ1) is 22.5. The Morgan fingerprint density at radius 2 is 1.55 bits per heavy atom. The van der Waals surface area contributed by atoms with Crippen LogP contribution in [0.2, 0.25) is 0 Å². The van der Waals surface area contributed by atoms with Crippen molar-refractivity contribution in [1.82, 2.24) is 4.90 Å². The summed E-state index contributed by atoms with van der Waals surface area (Å²) in [6.07, 6.45) is 0. The average molecular weight is 397 g/mol. The number of carbonyl (C=O) groups excluding carboxylic acids is 2. The molecule has 1 N–H and O–H groups in total. The van der Waals surface area contributed by atoms with Gasteiger partial charge in [-0.2, -0.15) is 0 Å². The molecule has 2 aromatic carbocycles. The Hall–Kier alpha value is -2.82. The minimum atomic E-state index is -0.204. The molecule has 2 amide bonds. The van der Waals surface area contributed by atoms with Crippen LogP contribution in [0.1, 0.15) is 63.1 Å². The fourth-order valence-electron chi connectivity index (χ4n) is 3.37. The standard InChI is InChI=1S/C24H32N2O3/c1-16(2)20-11-9-12-21(17(3)4)24(20)25-23(28)15-26(18(5)27)14-19-10-7-8-13-22(19)29-6/h7-13,16-17H,14-15H2,1-6H3,(H,25,28). The van der Waals surface area contributed by atoms with Crippen molar-refractivity contribution >= 4 is 17.5 Å². The van der Waals surface area contributed by atoms with Crippen LogP contribution in [0.5, 0.6) is 5.75 Å². The molecule has 0 unspecified atom stereocenters. The quantitative estimate of drug-likeness (QED) is 0.688. The lowest BCUT2D eigenvalue weighted by atomic mass is 9.92. The maximum atomic E-state index is 12.9. The number of hydrogen-bond acceptors (Lipinski definition) is 3. The van der Waals surface area contributed by atoms with Crippen LogP contribution >= 0.6 is 0 Å². The molecule has 0 aliphatic rings. The molecule has 0 aromatic heterocycles. The van der Waals surface area contributed by atoms with E-state index in [1.807, 2.05) is 42.5 Å². The molecule has 156 valence electrons. The molecule has 0 saturated carbocycles. The molecule has 2 rings (SSSR count). The third-order valence-electron chi connectivity index (χ3n) is 4.97. The van der Waals surface area contributed by atoms with Crippen molar-refractivity contribution in [3.05, 3.63) is 59.2 Å². The number of nitrogens with one attached hydrogen (secondary N) is 1. The maximum absolute atomic E-state index is 12.9. The molecule has 0 spiro atoms. The molecule has 5 nitrogen and oxygen atoms in total. The van der Waals surface area contributed by atoms with E-state index in [-0.39, 0.29) is 30.2 Å². The Balaban J connectivity index is 2.23. The van der Waals surface area contributed by atoms with E-state index in [4.69, 9.17) is 4.74 Å². The summed E-state index contributed by atoms with van der Waals surface area (Å²) in [6.45, 7) is 10.2. The summed E-state index contributed by atoms with van der Waals surface area (Å²) >= 11 is 0. The van der Waals surface area contributed by atoms with Crippen LogP contribution in [0.3, 0.4) is 0 Å². The Labute approximate surface area is 174 Å². The van der Waals surface area contributed by atoms with E-state index in [1.165, 1.54) is 11.8 Å². The normalized spacial score (nSPS) is 10.9. The summed E-state index contributed by atoms with van der Waals surface area (Å²) < 4.78 is 5.37. The highest BCUT2D eigenvalue weighted by molar-refractivity contribution is 5.95. The molecule has 0 saturated heterocycles. The van der Waals surface area contributed by atoms with E-state index in [1.54, 1.807) is 7.11 Å². The Bertz CT molecular complexity index is 833. The summed E-state index contributed by atoms with van der Waals surface area (Å²) in [5.41, 5.74) is 3.93. The third kappa shape index (κ3) is 5.83. The summed E-state index contributed by atoms with van der Waals surface area (Å²) in [7, 11) is 1.60. The van der Waals surface area contributed by atoms with E-state index in [0.29, 0.717) is 12.3 Å². The van der Waals surface area contributed by atoms with Crippen molar-refractivity contribution < 1.29 is 14.3 Å². The minimum absolute atomic E-state index is 0.0165. The van der Waals surface area contributed by atoms with Gasteiger partial charge in [0.2, 0.25) is 11.8 Å². The molecule has 29 heavy (non-hydrogen) atoms. The second-order valence-electron chi connectivity index (χ2n) is 7.86. The second kappa shape index (κ2) is 10.1. The van der Waals surface area contributed by atoms with Gasteiger partial charge >= 0.3 is 0 Å². The van der Waals surface area contributed by atoms with E-state index in [9.17, 15) is 9.59 Å². The number of nitrogens with zero attached hydrogens (tertiary/aromatic N) is 1. The van der Waals surface area contributed by atoms with Gasteiger partial charge in [-0.05, 0) is 29.0 Å². The zero-order valence-electron chi connectivity index (χ0n) is 18.3. The molecule has 0 heterocycles. The molecule has 0 fully saturated rings. The highest BCUT2D eigenvalue weighted by Gasteiger charge is 2.19. The minimum Gasteiger partial charge on any atom is -0.496 e. The van der Waals surface area contributed by atoms with Crippen LogP contribution in [-0.2, 0) is 16.1 Å². The Morgan fingerprint density at radius 3 is 2.07 bits per heavy atom. The first-order chi connectivity index (χ1) is 13.7. The van der Waals surface area contributed by atoms with Gasteiger partial charge in [0.1, 0.15) is 12.3 Å². The number of amides is 2. The lowest BCUT2D eigenvalue weighted by Crippen LogP contribution is -2.36. The number of anilines is 1. The zero-order valence-corrected chi connectivity index (χ0v) is 18.3. The largest absolute Gasteiger partial charge is 0.496 e. The molecular weight excluding hydrogens is 364 g/mol. The fraction of sp³-hybridized carbons (Fsp3) is 0.417. The molecule has 2 aromatic rings. The molecule has 0 radical (unpaired) electrons. The Morgan fingerprint density at radius 1 is 0.966 bits per heavy atom. The molecule has 5 heteroatoms. The fourth-order valence-corrected chi connectivity index (χ4v) is 3.37. The topological polar surface area (TPSA) is 58.6 Å². The van der Waals surface area contributed by atoms with Gasteiger partial charge in [-0.15, -0.1) is 0 Å². The van der Waals surface area contributed by atoms with Crippen LogP contribution in [0.4, 0.5) is 5.69 Å². The van der Waals surface area contributed by atoms with E-state index >= 15 is 0 Å². The summed E-state index contributed by atoms with van der Waals surface area (Å²) in [4.78, 5) is 26.6. The predicted octanol–water partition coefficient (Wildman–Crippen LogP) is 4.93. The molecule has 0 aliphatic heterocycles. The molecular formula is C24H32N2O3. The number of carbonyl (C=O) groups is 2. The number of benzene rings is 2. The monoisotopic (exact) mass is 396 g/mol. The van der Waals surface area contributed by atoms with Gasteiger partial charge in [0, 0.05) is 24.7 Å². The van der Waals surface area contributed by atoms with Crippen LogP contribution in [0, 0.1) is 0 Å². The number of hydrogen-bond donors (Lipinski definition) is 1. The zero-order chi connectivity index (χ0) is 21.6. The summed E-state index contributed by atoms with van der Waals surface area (Å²) in [6, 6.07) is 13.6. The lowest BCUT2D eigenvalue weighted by Gasteiger charge is -2.24. The summed E-state index contributed by atoms with van der Waals surface area (Å²) in [5.74, 6) is 0.895. The van der Waals surface area contributed by atoms with Crippen molar-refractivity contribution in [3.8, 4) is 5.75 Å². The lowest BCUT2D eigenvalue weighted by molar-refractivity contribution is -0.133. The SMILES string of the molecule is COc1ccccc1CN(CC(=O)Nc1c(C(C)C)cccc1C(C)C)C(C)=O. The van der Waals surface area contributed by atoms with Gasteiger partial charge in [-0.1, -0.05) is 64.1 Å². The number of rotatable bonds is 8. The molecule has 0 aliphatic carbocycles. The van der Waals surface area contributed by atoms with Gasteiger partial charge in [0.05, 0.1) is 7.11 Å². The number of methoxy groups -OCH3 is 1. The Kier molecular flexibility index (Phi) is 7.82. The van der Waals surface area contributed by atoms with Crippen LogP contribution in [0.15, 0.2) is 42.5 Å². The number of ether oxygens (including phenoxy) is 1. The first-order valence-corrected chi connectivity index (χ1v) is 10.0.